The fourth-order valence-electron chi connectivity index (χ4n) is 3.10. The normalized spacial score (nSPS) is 22.1. The summed E-state index contributed by atoms with van der Waals surface area (Å²) in [6.07, 6.45) is 0. The Kier molecular flexibility index (Phi) is 7.54. The van der Waals surface area contributed by atoms with E-state index in [1.165, 1.54) is 24.3 Å². The number of carbonyl (C=O) groups excluding carboxylic acids is 3. The molecule has 2 heterocycles. The Morgan fingerprint density at radius 1 is 1.31 bits per heavy atom. The van der Waals surface area contributed by atoms with Gasteiger partial charge in [-0.3, -0.25) is 14.5 Å². The van der Waals surface area contributed by atoms with Crippen molar-refractivity contribution in [2.75, 3.05) is 12.4 Å². The van der Waals surface area contributed by atoms with Gasteiger partial charge in [0.05, 0.1) is 18.3 Å². The monoisotopic (exact) mass is 449 g/mol. The quantitative estimate of drug-likeness (QED) is 0.245. The average Bonchev–Trinajstić information content (AvgIpc) is 2.64. The van der Waals surface area contributed by atoms with Gasteiger partial charge in [-0.2, -0.15) is 0 Å². The van der Waals surface area contributed by atoms with Gasteiger partial charge in [0.1, 0.15) is 21.5 Å². The summed E-state index contributed by atoms with van der Waals surface area (Å²) in [6, 6.07) is 5.89. The Morgan fingerprint density at radius 2 is 1.93 bits per heavy atom. The molecule has 2 N–H and O–H groups in total. The molecule has 2 aliphatic rings. The van der Waals surface area contributed by atoms with Gasteiger partial charge in [0.25, 0.3) is 5.91 Å². The first kappa shape index (κ1) is 23.9. The molecule has 1 aromatic rings. The number of nitrogens with zero attached hydrogens (tertiary/aromatic N) is 1. The predicted molar refractivity (Wildman–Crippen MR) is 93.0 cm³/mol. The van der Waals surface area contributed by atoms with Crippen molar-refractivity contribution in [3.63, 3.8) is 0 Å². The van der Waals surface area contributed by atoms with Crippen LogP contribution in [0.1, 0.15) is 10.8 Å². The molecule has 0 aromatic heterocycles. The maximum atomic E-state index is 12.5. The molecular formula is C16H14N2NaO8S2-. The van der Waals surface area contributed by atoms with Crippen LogP contribution < -0.4 is 40.0 Å². The van der Waals surface area contributed by atoms with E-state index in [0.29, 0.717) is 0 Å². The number of carbonyl (C=O) groups is 3. The first-order chi connectivity index (χ1) is 13.2. The third-order valence-electron chi connectivity index (χ3n) is 4.36. The van der Waals surface area contributed by atoms with Crippen LogP contribution >= 0.6 is 11.8 Å². The maximum Gasteiger partial charge on any atom is 1.00 e. The molecule has 150 valence electrons. The van der Waals surface area contributed by atoms with Crippen molar-refractivity contribution < 1.29 is 67.1 Å². The molecule has 1 saturated heterocycles. The molecule has 0 spiro atoms. The topological polar surface area (TPSA) is 167 Å². The van der Waals surface area contributed by atoms with Crippen molar-refractivity contribution in [1.82, 2.24) is 10.2 Å². The summed E-state index contributed by atoms with van der Waals surface area (Å²) in [5, 5.41) is 19.9. The minimum Gasteiger partial charge on any atom is -0.747 e. The summed E-state index contributed by atoms with van der Waals surface area (Å²) in [5.41, 5.74) is -0.408. The van der Waals surface area contributed by atoms with Gasteiger partial charge in [-0.25, -0.2) is 8.42 Å². The molecule has 0 saturated carbocycles. The number of hydrogen-bond acceptors (Lipinski definition) is 9. The minimum absolute atomic E-state index is 0. The molecule has 13 heteroatoms. The number of hydrogen-bond donors (Lipinski definition) is 2. The molecule has 2 aliphatic heterocycles. The standard InChI is InChI=1S/C16H16N2O8S2.Na/c19-6-9-7-27-15-10(14(21)18(15)11(9)16(22)23)17-13(20)12(28(24,25)26)8-4-2-1-3-5-8;/h1-5,10,12,15,19H,6-7H2,(H,17,20)(H,22,23)(H,24,25,26);/q;+1/p-2/t10-,12-,15-;/m1./s1. The molecule has 3 atom stereocenters. The second kappa shape index (κ2) is 9.16. The van der Waals surface area contributed by atoms with E-state index in [-0.39, 0.29) is 46.4 Å². The molecule has 0 radical (unpaired) electrons. The van der Waals surface area contributed by atoms with E-state index in [1.54, 1.807) is 6.07 Å². The first-order valence-corrected chi connectivity index (χ1v) is 10.5. The van der Waals surface area contributed by atoms with E-state index >= 15 is 0 Å². The van der Waals surface area contributed by atoms with Gasteiger partial charge >= 0.3 is 29.6 Å². The van der Waals surface area contributed by atoms with Crippen molar-refractivity contribution in [3.8, 4) is 0 Å². The molecule has 10 nitrogen and oxygen atoms in total. The Morgan fingerprint density at radius 3 is 2.45 bits per heavy atom. The first-order valence-electron chi connectivity index (χ1n) is 7.95. The molecule has 1 aromatic carbocycles. The summed E-state index contributed by atoms with van der Waals surface area (Å²) in [4.78, 5) is 37.1. The van der Waals surface area contributed by atoms with Crippen molar-refractivity contribution in [1.29, 1.82) is 0 Å². The van der Waals surface area contributed by atoms with Crippen LogP contribution in [0.15, 0.2) is 41.6 Å². The Labute approximate surface area is 192 Å². The third kappa shape index (κ3) is 4.53. The predicted octanol–water partition coefficient (Wildman–Crippen LogP) is -5.33. The number of thioether (sulfide) groups is 1. The maximum absolute atomic E-state index is 12.5. The number of β-lactam (4-membered cyclic amide) rings is 1. The van der Waals surface area contributed by atoms with Crippen LogP contribution in [0.5, 0.6) is 0 Å². The van der Waals surface area contributed by atoms with Crippen molar-refractivity contribution >= 4 is 39.7 Å². The zero-order valence-electron chi connectivity index (χ0n) is 15.1. The number of carboxylic acid groups (broad SMARTS) is 1. The van der Waals surface area contributed by atoms with E-state index < -0.39 is 56.9 Å². The number of nitrogens with one attached hydrogen (secondary N) is 1. The third-order valence-corrected chi connectivity index (χ3v) is 6.76. The summed E-state index contributed by atoms with van der Waals surface area (Å²) < 4.78 is 34.8. The smallest absolute Gasteiger partial charge is 0.747 e. The van der Waals surface area contributed by atoms with Gasteiger partial charge in [0.15, 0.2) is 5.25 Å². The number of carboxylic acids is 1. The number of benzene rings is 1. The Bertz CT molecular complexity index is 966. The van der Waals surface area contributed by atoms with Crippen LogP contribution in [0.25, 0.3) is 0 Å². The Balaban J connectivity index is 0.00000300. The molecule has 0 bridgehead atoms. The zero-order valence-corrected chi connectivity index (χ0v) is 18.7. The van der Waals surface area contributed by atoms with Gasteiger partial charge < -0.3 is 24.9 Å². The van der Waals surface area contributed by atoms with Crippen molar-refractivity contribution in [2.45, 2.75) is 16.7 Å². The number of rotatable bonds is 6. The minimum atomic E-state index is -5.07. The Hall–Kier alpha value is -1.41. The van der Waals surface area contributed by atoms with Crippen LogP contribution in [0, 0.1) is 0 Å². The molecule has 29 heavy (non-hydrogen) atoms. The van der Waals surface area contributed by atoms with Crippen LogP contribution in [0.4, 0.5) is 0 Å². The second-order valence-electron chi connectivity index (χ2n) is 6.08. The number of aliphatic hydroxyl groups excluding tert-OH is 1. The van der Waals surface area contributed by atoms with Crippen LogP contribution in [0.2, 0.25) is 0 Å². The summed E-state index contributed by atoms with van der Waals surface area (Å²) >= 11 is 1.09. The van der Waals surface area contributed by atoms with Gasteiger partial charge in [-0.15, -0.1) is 11.8 Å². The molecule has 0 aliphatic carbocycles. The molecule has 0 unspecified atom stereocenters. The second-order valence-corrected chi connectivity index (χ2v) is 8.64. The molecule has 1 fully saturated rings. The van der Waals surface area contributed by atoms with E-state index in [1.807, 2.05) is 0 Å². The van der Waals surface area contributed by atoms with Gasteiger partial charge in [-0.1, -0.05) is 30.3 Å². The average molecular weight is 449 g/mol. The number of fused-ring (bicyclic) bond motifs is 1. The molecule has 3 rings (SSSR count). The van der Waals surface area contributed by atoms with E-state index in [4.69, 9.17) is 0 Å². The SMILES string of the molecule is O=C([O-])C1=C(CO)CS[C@@H]2[C@H](NC(=O)[C@@H](c3ccccc3)S(=O)(=O)[O-])C(=O)N12.[Na+]. The number of aliphatic carboxylic acids is 1. The van der Waals surface area contributed by atoms with Crippen LogP contribution in [0.3, 0.4) is 0 Å². The van der Waals surface area contributed by atoms with Gasteiger partial charge in [0, 0.05) is 5.75 Å². The van der Waals surface area contributed by atoms with E-state index in [0.717, 1.165) is 16.7 Å². The van der Waals surface area contributed by atoms with Gasteiger partial charge in [-0.05, 0) is 11.1 Å². The van der Waals surface area contributed by atoms with Crippen LogP contribution in [-0.2, 0) is 24.5 Å². The molecule has 2 amide bonds. The fourth-order valence-corrected chi connectivity index (χ4v) is 5.26. The summed E-state index contributed by atoms with van der Waals surface area (Å²) in [5.74, 6) is -3.53. The molecular weight excluding hydrogens is 435 g/mol. The number of amides is 2. The summed E-state index contributed by atoms with van der Waals surface area (Å²) in [7, 11) is -5.07. The van der Waals surface area contributed by atoms with Crippen LogP contribution in [-0.4, -0.2) is 64.5 Å². The van der Waals surface area contributed by atoms with Gasteiger partial charge in [0.2, 0.25) is 5.91 Å². The van der Waals surface area contributed by atoms with E-state index in [2.05, 4.69) is 5.32 Å². The van der Waals surface area contributed by atoms with Crippen molar-refractivity contribution in [3.05, 3.63) is 47.2 Å². The fraction of sp³-hybridized carbons (Fsp3) is 0.312. The summed E-state index contributed by atoms with van der Waals surface area (Å²) in [6.45, 7) is -0.575. The van der Waals surface area contributed by atoms with E-state index in [9.17, 15) is 37.6 Å². The number of aliphatic hydroxyl groups is 1. The zero-order chi connectivity index (χ0) is 20.6. The largest absolute Gasteiger partial charge is 1.00 e. The van der Waals surface area contributed by atoms with Crippen molar-refractivity contribution in [2.24, 2.45) is 0 Å².